The van der Waals surface area contributed by atoms with Crippen molar-refractivity contribution in [1.82, 2.24) is 0 Å². The SMILES string of the molecule is CCC.N#CC1(c2ccccc2)CCC(N)CC1. The van der Waals surface area contributed by atoms with Crippen LogP contribution in [0.4, 0.5) is 0 Å². The summed E-state index contributed by atoms with van der Waals surface area (Å²) in [5, 5.41) is 9.39. The molecule has 0 aromatic heterocycles. The third-order valence-corrected chi connectivity index (χ3v) is 3.42. The van der Waals surface area contributed by atoms with E-state index in [2.05, 4.69) is 32.0 Å². The van der Waals surface area contributed by atoms with E-state index in [1.807, 2.05) is 18.2 Å². The lowest BCUT2D eigenvalue weighted by Crippen LogP contribution is -2.35. The first-order valence-corrected chi connectivity index (χ1v) is 6.91. The third-order valence-electron chi connectivity index (χ3n) is 3.42. The van der Waals surface area contributed by atoms with Crippen LogP contribution in [-0.4, -0.2) is 6.04 Å². The summed E-state index contributed by atoms with van der Waals surface area (Å²) < 4.78 is 0. The summed E-state index contributed by atoms with van der Waals surface area (Å²) in [5.41, 5.74) is 6.75. The molecule has 0 spiro atoms. The second kappa shape index (κ2) is 7.18. The maximum Gasteiger partial charge on any atom is 0.0823 e. The van der Waals surface area contributed by atoms with E-state index in [1.165, 1.54) is 6.42 Å². The van der Waals surface area contributed by atoms with Gasteiger partial charge in [-0.1, -0.05) is 50.6 Å². The maximum atomic E-state index is 9.39. The highest BCUT2D eigenvalue weighted by Gasteiger charge is 2.35. The molecule has 1 aliphatic rings. The number of nitrogens with zero attached hydrogens (tertiary/aromatic N) is 1. The predicted molar refractivity (Wildman–Crippen MR) is 76.1 cm³/mol. The summed E-state index contributed by atoms with van der Waals surface area (Å²) >= 11 is 0. The van der Waals surface area contributed by atoms with Gasteiger partial charge in [0, 0.05) is 6.04 Å². The largest absolute Gasteiger partial charge is 0.328 e. The van der Waals surface area contributed by atoms with E-state index in [4.69, 9.17) is 5.73 Å². The van der Waals surface area contributed by atoms with Gasteiger partial charge in [-0.15, -0.1) is 0 Å². The number of benzene rings is 1. The summed E-state index contributed by atoms with van der Waals surface area (Å²) in [7, 11) is 0. The van der Waals surface area contributed by atoms with Gasteiger partial charge in [0.15, 0.2) is 0 Å². The van der Waals surface area contributed by atoms with Crippen molar-refractivity contribution in [3.05, 3.63) is 35.9 Å². The van der Waals surface area contributed by atoms with Gasteiger partial charge in [-0.25, -0.2) is 0 Å². The van der Waals surface area contributed by atoms with Crippen molar-refractivity contribution < 1.29 is 0 Å². The fourth-order valence-electron chi connectivity index (χ4n) is 2.36. The third kappa shape index (κ3) is 3.58. The number of nitriles is 1. The molecule has 1 fully saturated rings. The average Bonchev–Trinajstić information content (AvgIpc) is 2.42. The zero-order valence-corrected chi connectivity index (χ0v) is 11.5. The van der Waals surface area contributed by atoms with Gasteiger partial charge < -0.3 is 5.73 Å². The molecule has 0 unspecified atom stereocenters. The highest BCUT2D eigenvalue weighted by atomic mass is 14.6. The number of rotatable bonds is 1. The van der Waals surface area contributed by atoms with E-state index < -0.39 is 0 Å². The number of hydrogen-bond acceptors (Lipinski definition) is 2. The summed E-state index contributed by atoms with van der Waals surface area (Å²) in [6, 6.07) is 12.9. The topological polar surface area (TPSA) is 49.8 Å². The van der Waals surface area contributed by atoms with Crippen molar-refractivity contribution in [3.8, 4) is 6.07 Å². The van der Waals surface area contributed by atoms with Crippen molar-refractivity contribution in [2.75, 3.05) is 0 Å². The van der Waals surface area contributed by atoms with Crippen molar-refractivity contribution in [2.45, 2.75) is 57.4 Å². The highest BCUT2D eigenvalue weighted by Crippen LogP contribution is 2.38. The van der Waals surface area contributed by atoms with Crippen LogP contribution in [0.3, 0.4) is 0 Å². The summed E-state index contributed by atoms with van der Waals surface area (Å²) in [4.78, 5) is 0. The van der Waals surface area contributed by atoms with Crippen LogP contribution in [0.15, 0.2) is 30.3 Å². The molecule has 18 heavy (non-hydrogen) atoms. The summed E-state index contributed by atoms with van der Waals surface area (Å²) in [6.45, 7) is 4.25. The van der Waals surface area contributed by atoms with Crippen LogP contribution in [0.2, 0.25) is 0 Å². The van der Waals surface area contributed by atoms with E-state index in [-0.39, 0.29) is 11.5 Å². The van der Waals surface area contributed by atoms with E-state index in [9.17, 15) is 5.26 Å². The molecule has 0 radical (unpaired) electrons. The monoisotopic (exact) mass is 244 g/mol. The van der Waals surface area contributed by atoms with E-state index in [0.717, 1.165) is 31.2 Å². The summed E-state index contributed by atoms with van der Waals surface area (Å²) in [5.74, 6) is 0. The first-order valence-electron chi connectivity index (χ1n) is 6.91. The Hall–Kier alpha value is -1.33. The van der Waals surface area contributed by atoms with Gasteiger partial charge in [-0.05, 0) is 31.2 Å². The first kappa shape index (κ1) is 14.7. The van der Waals surface area contributed by atoms with Gasteiger partial charge in [0.2, 0.25) is 0 Å². The Morgan fingerprint density at radius 2 is 1.72 bits per heavy atom. The van der Waals surface area contributed by atoms with Crippen molar-refractivity contribution in [3.63, 3.8) is 0 Å². The lowest BCUT2D eigenvalue weighted by molar-refractivity contribution is 0.332. The molecule has 1 saturated carbocycles. The van der Waals surface area contributed by atoms with Crippen LogP contribution in [0, 0.1) is 11.3 Å². The van der Waals surface area contributed by atoms with Crippen LogP contribution in [0.1, 0.15) is 51.5 Å². The normalized spacial score (nSPS) is 26.7. The lowest BCUT2D eigenvalue weighted by Gasteiger charge is -2.33. The van der Waals surface area contributed by atoms with Crippen LogP contribution < -0.4 is 5.73 Å². The zero-order valence-electron chi connectivity index (χ0n) is 11.5. The molecule has 1 aromatic rings. The van der Waals surface area contributed by atoms with Gasteiger partial charge in [-0.2, -0.15) is 5.26 Å². The van der Waals surface area contributed by atoms with E-state index >= 15 is 0 Å². The molecule has 0 amide bonds. The van der Waals surface area contributed by atoms with E-state index in [1.54, 1.807) is 0 Å². The minimum absolute atomic E-state index is 0.281. The quantitative estimate of drug-likeness (QED) is 0.817. The van der Waals surface area contributed by atoms with Crippen LogP contribution in [0.5, 0.6) is 0 Å². The molecule has 2 rings (SSSR count). The molecule has 0 aliphatic heterocycles. The molecule has 1 aliphatic carbocycles. The Labute approximate surface area is 111 Å². The molecule has 2 heteroatoms. The van der Waals surface area contributed by atoms with Crippen molar-refractivity contribution in [2.24, 2.45) is 5.73 Å². The summed E-state index contributed by atoms with van der Waals surface area (Å²) in [6.07, 6.45) is 4.97. The maximum absolute atomic E-state index is 9.39. The number of nitrogens with two attached hydrogens (primary N) is 1. The molecule has 0 heterocycles. The smallest absolute Gasteiger partial charge is 0.0823 e. The zero-order chi connectivity index (χ0) is 13.4. The van der Waals surface area contributed by atoms with Crippen LogP contribution in [0.25, 0.3) is 0 Å². The Kier molecular flexibility index (Phi) is 5.88. The Morgan fingerprint density at radius 1 is 1.22 bits per heavy atom. The van der Waals surface area contributed by atoms with E-state index in [0.29, 0.717) is 0 Å². The van der Waals surface area contributed by atoms with Crippen LogP contribution >= 0.6 is 0 Å². The van der Waals surface area contributed by atoms with Gasteiger partial charge in [0.05, 0.1) is 11.5 Å². The molecule has 98 valence electrons. The fraction of sp³-hybridized carbons (Fsp3) is 0.562. The van der Waals surface area contributed by atoms with Gasteiger partial charge in [0.25, 0.3) is 0 Å². The molecular formula is C16H24N2. The average molecular weight is 244 g/mol. The lowest BCUT2D eigenvalue weighted by atomic mass is 9.69. The Bertz CT molecular complexity index is 370. The van der Waals surface area contributed by atoms with Gasteiger partial charge in [-0.3, -0.25) is 0 Å². The van der Waals surface area contributed by atoms with Crippen LogP contribution in [-0.2, 0) is 5.41 Å². The molecule has 0 saturated heterocycles. The van der Waals surface area contributed by atoms with Gasteiger partial charge in [0.1, 0.15) is 0 Å². The first-order chi connectivity index (χ1) is 8.68. The molecule has 0 bridgehead atoms. The Morgan fingerprint density at radius 3 is 2.17 bits per heavy atom. The molecule has 0 atom stereocenters. The second-order valence-electron chi connectivity index (χ2n) is 5.10. The standard InChI is InChI=1S/C13H16N2.C3H8/c14-10-13(8-6-12(15)7-9-13)11-4-2-1-3-5-11;1-3-2/h1-5,12H,6-9,15H2;3H2,1-2H3. The number of hydrogen-bond donors (Lipinski definition) is 1. The molecule has 2 nitrogen and oxygen atoms in total. The Balaban J connectivity index is 0.000000492. The molecule has 1 aromatic carbocycles. The predicted octanol–water partition coefficient (Wildman–Crippen LogP) is 3.77. The second-order valence-corrected chi connectivity index (χ2v) is 5.10. The fourth-order valence-corrected chi connectivity index (χ4v) is 2.36. The van der Waals surface area contributed by atoms with Crippen molar-refractivity contribution >= 4 is 0 Å². The highest BCUT2D eigenvalue weighted by molar-refractivity contribution is 5.33. The van der Waals surface area contributed by atoms with Gasteiger partial charge >= 0.3 is 0 Å². The minimum Gasteiger partial charge on any atom is -0.328 e. The molecule has 2 N–H and O–H groups in total. The minimum atomic E-state index is -0.281. The van der Waals surface area contributed by atoms with Crippen molar-refractivity contribution in [1.29, 1.82) is 5.26 Å². The molecular weight excluding hydrogens is 220 g/mol.